The third-order valence-corrected chi connectivity index (χ3v) is 5.22. The molecule has 2 aromatic carbocycles. The van der Waals surface area contributed by atoms with Crippen molar-refractivity contribution in [3.8, 4) is 5.75 Å². The molecule has 3 aromatic rings. The van der Waals surface area contributed by atoms with Gasteiger partial charge in [0.25, 0.3) is 5.91 Å². The molecular formula is C19H16N4O4S. The van der Waals surface area contributed by atoms with E-state index in [0.717, 1.165) is 10.2 Å². The Bertz CT molecular complexity index is 1090. The Morgan fingerprint density at radius 3 is 2.89 bits per heavy atom. The number of nitrogens with one attached hydrogen (secondary N) is 3. The van der Waals surface area contributed by atoms with Crippen LogP contribution in [0.5, 0.6) is 5.75 Å². The number of ether oxygens (including phenoxy) is 1. The summed E-state index contributed by atoms with van der Waals surface area (Å²) in [6.45, 7) is 0. The quantitative estimate of drug-likeness (QED) is 0.627. The molecule has 0 unspecified atom stereocenters. The van der Waals surface area contributed by atoms with Crippen molar-refractivity contribution in [1.29, 1.82) is 0 Å². The van der Waals surface area contributed by atoms with Crippen LogP contribution in [-0.2, 0) is 9.59 Å². The standard InChI is InChI=1S/C19H16N4O4S/c1-27-10-6-7-13-15(8-10)28-19(22-13)23-16(24)9-14-18(26)20-12-5-3-2-4-11(12)17(25)21-14/h2-8,14H,9H2,1H3,(H,20,26)(H,21,25)(H,22,23,24)/t14-/m0/s1. The summed E-state index contributed by atoms with van der Waals surface area (Å²) in [5.41, 5.74) is 1.52. The van der Waals surface area contributed by atoms with Crippen LogP contribution in [0.15, 0.2) is 42.5 Å². The number of amides is 3. The third kappa shape index (κ3) is 3.52. The highest BCUT2D eigenvalue weighted by atomic mass is 32.1. The Balaban J connectivity index is 1.46. The van der Waals surface area contributed by atoms with Crippen molar-refractivity contribution < 1.29 is 19.1 Å². The second kappa shape index (κ2) is 7.28. The molecule has 1 atom stereocenters. The second-order valence-electron chi connectivity index (χ2n) is 6.17. The maximum absolute atomic E-state index is 12.4. The molecule has 28 heavy (non-hydrogen) atoms. The highest BCUT2D eigenvalue weighted by Crippen LogP contribution is 2.29. The first-order chi connectivity index (χ1) is 13.5. The minimum absolute atomic E-state index is 0.204. The van der Waals surface area contributed by atoms with Gasteiger partial charge in [0, 0.05) is 0 Å². The number of rotatable bonds is 4. The number of fused-ring (bicyclic) bond motifs is 2. The lowest BCUT2D eigenvalue weighted by Gasteiger charge is -2.13. The molecule has 0 saturated carbocycles. The highest BCUT2D eigenvalue weighted by molar-refractivity contribution is 7.22. The molecule has 0 radical (unpaired) electrons. The number of carbonyl (C=O) groups is 3. The second-order valence-corrected chi connectivity index (χ2v) is 7.20. The molecule has 1 aliphatic rings. The van der Waals surface area contributed by atoms with Crippen LogP contribution in [0.1, 0.15) is 16.8 Å². The predicted octanol–water partition coefficient (Wildman–Crippen LogP) is 2.38. The molecule has 3 amide bonds. The lowest BCUT2D eigenvalue weighted by Crippen LogP contribution is -2.43. The molecular weight excluding hydrogens is 380 g/mol. The van der Waals surface area contributed by atoms with E-state index < -0.39 is 23.8 Å². The average molecular weight is 396 g/mol. The van der Waals surface area contributed by atoms with Gasteiger partial charge < -0.3 is 20.7 Å². The minimum Gasteiger partial charge on any atom is -0.497 e. The summed E-state index contributed by atoms with van der Waals surface area (Å²) in [4.78, 5) is 41.5. The van der Waals surface area contributed by atoms with Crippen LogP contribution in [-0.4, -0.2) is 35.9 Å². The van der Waals surface area contributed by atoms with E-state index >= 15 is 0 Å². The van der Waals surface area contributed by atoms with Crippen LogP contribution in [0.4, 0.5) is 10.8 Å². The number of aromatic nitrogens is 1. The Kier molecular flexibility index (Phi) is 4.66. The Morgan fingerprint density at radius 1 is 1.25 bits per heavy atom. The van der Waals surface area contributed by atoms with Crippen LogP contribution < -0.4 is 20.7 Å². The molecule has 0 fully saturated rings. The summed E-state index contributed by atoms with van der Waals surface area (Å²) in [6.07, 6.45) is -0.204. The molecule has 3 N–H and O–H groups in total. The van der Waals surface area contributed by atoms with Gasteiger partial charge in [-0.05, 0) is 30.3 Å². The molecule has 1 aliphatic heterocycles. The van der Waals surface area contributed by atoms with Crippen LogP contribution in [0.25, 0.3) is 10.2 Å². The molecule has 0 aliphatic carbocycles. The van der Waals surface area contributed by atoms with Crippen molar-refractivity contribution in [3.63, 3.8) is 0 Å². The van der Waals surface area contributed by atoms with Crippen LogP contribution >= 0.6 is 11.3 Å². The first-order valence-corrected chi connectivity index (χ1v) is 9.30. The molecule has 142 valence electrons. The summed E-state index contributed by atoms with van der Waals surface area (Å²) >= 11 is 1.30. The van der Waals surface area contributed by atoms with Crippen molar-refractivity contribution in [2.45, 2.75) is 12.5 Å². The van der Waals surface area contributed by atoms with Crippen molar-refractivity contribution in [3.05, 3.63) is 48.0 Å². The number of carbonyl (C=O) groups excluding carboxylic acids is 3. The predicted molar refractivity (Wildman–Crippen MR) is 106 cm³/mol. The van der Waals surface area contributed by atoms with E-state index in [2.05, 4.69) is 20.9 Å². The monoisotopic (exact) mass is 396 g/mol. The average Bonchev–Trinajstić information content (AvgIpc) is 3.03. The summed E-state index contributed by atoms with van der Waals surface area (Å²) in [6, 6.07) is 11.1. The maximum atomic E-state index is 12.4. The fraction of sp³-hybridized carbons (Fsp3) is 0.158. The number of anilines is 2. The van der Waals surface area contributed by atoms with E-state index in [1.807, 2.05) is 6.07 Å². The highest BCUT2D eigenvalue weighted by Gasteiger charge is 2.29. The SMILES string of the molecule is COc1ccc2nc(NC(=O)C[C@@H]3NC(=O)c4ccccc4NC3=O)sc2c1. The number of nitrogens with zero attached hydrogens (tertiary/aromatic N) is 1. The lowest BCUT2D eigenvalue weighted by atomic mass is 10.1. The number of benzene rings is 2. The Morgan fingerprint density at radius 2 is 2.07 bits per heavy atom. The number of hydrogen-bond acceptors (Lipinski definition) is 6. The summed E-state index contributed by atoms with van der Waals surface area (Å²) in [5, 5.41) is 8.38. The van der Waals surface area contributed by atoms with Gasteiger partial charge >= 0.3 is 0 Å². The zero-order valence-corrected chi connectivity index (χ0v) is 15.6. The number of thiazole rings is 1. The van der Waals surface area contributed by atoms with Crippen molar-refractivity contribution >= 4 is 50.1 Å². The fourth-order valence-corrected chi connectivity index (χ4v) is 3.81. The van der Waals surface area contributed by atoms with E-state index in [0.29, 0.717) is 22.1 Å². The van der Waals surface area contributed by atoms with E-state index in [1.165, 1.54) is 11.3 Å². The maximum Gasteiger partial charge on any atom is 0.254 e. The molecule has 0 saturated heterocycles. The number of hydrogen-bond donors (Lipinski definition) is 3. The van der Waals surface area contributed by atoms with Crippen molar-refractivity contribution in [1.82, 2.24) is 10.3 Å². The van der Waals surface area contributed by atoms with Gasteiger partial charge in [0.1, 0.15) is 11.8 Å². The zero-order chi connectivity index (χ0) is 19.7. The number of para-hydroxylation sites is 1. The Labute approximate surface area is 163 Å². The lowest BCUT2D eigenvalue weighted by molar-refractivity contribution is -0.122. The van der Waals surface area contributed by atoms with Gasteiger partial charge in [-0.3, -0.25) is 14.4 Å². The molecule has 4 rings (SSSR count). The van der Waals surface area contributed by atoms with E-state index in [9.17, 15) is 14.4 Å². The topological polar surface area (TPSA) is 109 Å². The molecule has 9 heteroatoms. The largest absolute Gasteiger partial charge is 0.497 e. The fourth-order valence-electron chi connectivity index (χ4n) is 2.90. The summed E-state index contributed by atoms with van der Waals surface area (Å²) in [7, 11) is 1.58. The first-order valence-electron chi connectivity index (χ1n) is 8.48. The first kappa shape index (κ1) is 17.9. The van der Waals surface area contributed by atoms with Crippen LogP contribution in [0.2, 0.25) is 0 Å². The van der Waals surface area contributed by atoms with Gasteiger partial charge in [0.2, 0.25) is 11.8 Å². The molecule has 1 aromatic heterocycles. The minimum atomic E-state index is -0.977. The van der Waals surface area contributed by atoms with Gasteiger partial charge in [-0.2, -0.15) is 0 Å². The van der Waals surface area contributed by atoms with Gasteiger partial charge in [0.05, 0.1) is 35.0 Å². The van der Waals surface area contributed by atoms with Gasteiger partial charge in [0.15, 0.2) is 5.13 Å². The molecule has 0 bridgehead atoms. The molecule has 0 spiro atoms. The third-order valence-electron chi connectivity index (χ3n) is 4.28. The van der Waals surface area contributed by atoms with E-state index in [-0.39, 0.29) is 6.42 Å². The van der Waals surface area contributed by atoms with Crippen LogP contribution in [0.3, 0.4) is 0 Å². The van der Waals surface area contributed by atoms with Gasteiger partial charge in [-0.25, -0.2) is 4.98 Å². The summed E-state index contributed by atoms with van der Waals surface area (Å²) < 4.78 is 6.05. The van der Waals surface area contributed by atoms with Crippen molar-refractivity contribution in [2.24, 2.45) is 0 Å². The normalized spacial score (nSPS) is 16.0. The molecule has 8 nitrogen and oxygen atoms in total. The molecule has 2 heterocycles. The van der Waals surface area contributed by atoms with Crippen molar-refractivity contribution in [2.75, 3.05) is 17.7 Å². The zero-order valence-electron chi connectivity index (χ0n) is 14.8. The summed E-state index contributed by atoms with van der Waals surface area (Å²) in [5.74, 6) is -0.565. The smallest absolute Gasteiger partial charge is 0.254 e. The van der Waals surface area contributed by atoms with E-state index in [4.69, 9.17) is 4.74 Å². The van der Waals surface area contributed by atoms with Crippen LogP contribution in [0, 0.1) is 0 Å². The Hall–Kier alpha value is -3.46. The number of methoxy groups -OCH3 is 1. The van der Waals surface area contributed by atoms with E-state index in [1.54, 1.807) is 43.5 Å². The van der Waals surface area contributed by atoms with Gasteiger partial charge in [-0.1, -0.05) is 23.5 Å². The van der Waals surface area contributed by atoms with Gasteiger partial charge in [-0.15, -0.1) is 0 Å².